The van der Waals surface area contributed by atoms with Crippen molar-refractivity contribution in [3.63, 3.8) is 0 Å². The van der Waals surface area contributed by atoms with Crippen molar-refractivity contribution in [2.75, 3.05) is 40.9 Å². The molecule has 0 N–H and O–H groups in total. The molecule has 0 aromatic carbocycles. The zero-order valence-electron chi connectivity index (χ0n) is 14.4. The maximum absolute atomic E-state index is 11.6. The lowest BCUT2D eigenvalue weighted by molar-refractivity contribution is -0.243. The van der Waals surface area contributed by atoms with Gasteiger partial charge in [-0.1, -0.05) is 64.8 Å². The topological polar surface area (TPSA) is 18.5 Å². The molecule has 0 aromatic heterocycles. The normalized spacial score (nSPS) is 7.66. The standard InChI is InChI=1S/2C4H7F3O.C3H8.2CH3F.6CH4/c1-2-8-3-4(5,6)7;1-2-8-4(6,7)3-5;1-3-2;2*1-2;;;;;;/h2*2-3H2,1H3;3H2,1-2H3;2*1H3;6*1H4. The molecule has 2 nitrogen and oxygen atoms in total. The first kappa shape index (κ1) is 70.4. The van der Waals surface area contributed by atoms with Gasteiger partial charge in [0, 0.05) is 6.61 Å². The number of rotatable bonds is 5. The van der Waals surface area contributed by atoms with Gasteiger partial charge in [0.05, 0.1) is 21.0 Å². The molecule has 29 heavy (non-hydrogen) atoms. The minimum absolute atomic E-state index is 0. The smallest absolute Gasteiger partial charge is 0.372 e. The van der Waals surface area contributed by atoms with Gasteiger partial charge in [0.15, 0.2) is 6.67 Å². The first-order valence-corrected chi connectivity index (χ1v) is 6.57. The Bertz CT molecular complexity index is 182. The van der Waals surface area contributed by atoms with Crippen molar-refractivity contribution in [3.05, 3.63) is 0 Å². The third-order valence-corrected chi connectivity index (χ3v) is 0.981. The molecule has 0 atom stereocenters. The van der Waals surface area contributed by atoms with Crippen LogP contribution in [0.4, 0.5) is 35.1 Å². The second kappa shape index (κ2) is 56.4. The minimum atomic E-state index is -4.17. The molecule has 0 aromatic rings. The second-order valence-corrected chi connectivity index (χ2v) is 3.16. The molecule has 0 aliphatic heterocycles. The molecule has 0 fully saturated rings. The van der Waals surface area contributed by atoms with Gasteiger partial charge >= 0.3 is 12.3 Å². The third-order valence-electron chi connectivity index (χ3n) is 0.981. The number of alkyl halides is 8. The van der Waals surface area contributed by atoms with Gasteiger partial charge < -0.3 is 9.47 Å². The van der Waals surface area contributed by atoms with Crippen LogP contribution >= 0.6 is 0 Å². The largest absolute Gasteiger partial charge is 0.411 e. The Hall–Kier alpha value is -0.640. The maximum atomic E-state index is 11.6. The van der Waals surface area contributed by atoms with E-state index in [1.807, 2.05) is 0 Å². The first-order chi connectivity index (χ1) is 10.6. The van der Waals surface area contributed by atoms with Crippen molar-refractivity contribution in [1.82, 2.24) is 0 Å². The molecule has 0 radical (unpaired) electrons. The highest BCUT2D eigenvalue weighted by atomic mass is 19.4. The quantitative estimate of drug-likeness (QED) is 0.377. The lowest BCUT2D eigenvalue weighted by Crippen LogP contribution is -2.22. The Kier molecular flexibility index (Phi) is 137. The Labute approximate surface area is 177 Å². The average Bonchev–Trinajstić information content (AvgIpc) is 2.50. The monoisotopic (exact) mass is 464 g/mol. The SMILES string of the molecule is C.C.C.C.C.C.CCC.CCOC(F)(F)CF.CCOCC(F)(F)F.CF.CF. The summed E-state index contributed by atoms with van der Waals surface area (Å²) in [4.78, 5) is 0. The predicted octanol–water partition coefficient (Wildman–Crippen LogP) is 9.57. The molecular formula is C19H52F8O2. The highest BCUT2D eigenvalue weighted by Crippen LogP contribution is 2.14. The van der Waals surface area contributed by atoms with Crippen LogP contribution in [-0.4, -0.2) is 53.1 Å². The molecule has 0 unspecified atom stereocenters. The van der Waals surface area contributed by atoms with Gasteiger partial charge in [0.2, 0.25) is 0 Å². The van der Waals surface area contributed by atoms with Gasteiger partial charge in [-0.2, -0.15) is 22.0 Å². The molecule has 0 bridgehead atoms. The van der Waals surface area contributed by atoms with Crippen LogP contribution in [-0.2, 0) is 9.47 Å². The molecule has 0 aliphatic carbocycles. The summed E-state index contributed by atoms with van der Waals surface area (Å²) in [7, 11) is 1.00. The molecule has 196 valence electrons. The Morgan fingerprint density at radius 3 is 0.966 bits per heavy atom. The van der Waals surface area contributed by atoms with E-state index in [4.69, 9.17) is 0 Å². The van der Waals surface area contributed by atoms with E-state index in [0.29, 0.717) is 14.4 Å². The fourth-order valence-electron chi connectivity index (χ4n) is 0.468. The van der Waals surface area contributed by atoms with E-state index < -0.39 is 25.6 Å². The summed E-state index contributed by atoms with van der Waals surface area (Å²) >= 11 is 0. The second-order valence-electron chi connectivity index (χ2n) is 3.16. The summed E-state index contributed by atoms with van der Waals surface area (Å²) in [6.07, 6.45) is -6.50. The summed E-state index contributed by atoms with van der Waals surface area (Å²) in [5.41, 5.74) is 0. The number of ether oxygens (including phenoxy) is 2. The summed E-state index contributed by atoms with van der Waals surface area (Å²) in [6, 6.07) is 0. The molecule has 0 heterocycles. The van der Waals surface area contributed by atoms with Crippen LogP contribution in [0.25, 0.3) is 0 Å². The predicted molar refractivity (Wildman–Crippen MR) is 116 cm³/mol. The minimum Gasteiger partial charge on any atom is -0.372 e. The van der Waals surface area contributed by atoms with Crippen LogP contribution in [0.2, 0.25) is 0 Å². The van der Waals surface area contributed by atoms with Crippen LogP contribution in [0.3, 0.4) is 0 Å². The van der Waals surface area contributed by atoms with Gasteiger partial charge in [-0.15, -0.1) is 0 Å². The average molecular weight is 465 g/mol. The van der Waals surface area contributed by atoms with Crippen molar-refractivity contribution in [3.8, 4) is 0 Å². The molecule has 0 saturated heterocycles. The van der Waals surface area contributed by atoms with Crippen LogP contribution in [0.15, 0.2) is 0 Å². The van der Waals surface area contributed by atoms with Crippen molar-refractivity contribution >= 4 is 0 Å². The van der Waals surface area contributed by atoms with Gasteiger partial charge in [0.1, 0.15) is 6.61 Å². The zero-order chi connectivity index (χ0) is 19.9. The van der Waals surface area contributed by atoms with Crippen LogP contribution in [0.1, 0.15) is 78.7 Å². The van der Waals surface area contributed by atoms with E-state index in [-0.39, 0.29) is 57.8 Å². The van der Waals surface area contributed by atoms with Crippen molar-refractivity contribution in [2.45, 2.75) is 91.0 Å². The molecular weight excluding hydrogens is 412 g/mol. The first-order valence-electron chi connectivity index (χ1n) is 6.57. The third kappa shape index (κ3) is 136. The van der Waals surface area contributed by atoms with Crippen LogP contribution in [0, 0.1) is 0 Å². The molecule has 0 spiro atoms. The molecule has 0 rings (SSSR count). The van der Waals surface area contributed by atoms with Gasteiger partial charge in [-0.05, 0) is 13.8 Å². The fourth-order valence-corrected chi connectivity index (χ4v) is 0.468. The highest BCUT2D eigenvalue weighted by Gasteiger charge is 2.28. The van der Waals surface area contributed by atoms with Crippen LogP contribution in [0.5, 0.6) is 0 Å². The summed E-state index contributed by atoms with van der Waals surface area (Å²) < 4.78 is 94.3. The Balaban J connectivity index is -0.0000000164. The van der Waals surface area contributed by atoms with E-state index in [1.54, 1.807) is 0 Å². The summed E-state index contributed by atoms with van der Waals surface area (Å²) in [6.45, 7) is 4.20. The Morgan fingerprint density at radius 1 is 0.621 bits per heavy atom. The highest BCUT2D eigenvalue weighted by molar-refractivity contribution is 4.45. The van der Waals surface area contributed by atoms with E-state index in [2.05, 4.69) is 23.3 Å². The lowest BCUT2D eigenvalue weighted by Gasteiger charge is -2.09. The maximum Gasteiger partial charge on any atom is 0.411 e. The van der Waals surface area contributed by atoms with Crippen molar-refractivity contribution in [2.24, 2.45) is 0 Å². The van der Waals surface area contributed by atoms with E-state index in [1.165, 1.54) is 20.3 Å². The molecule has 0 aliphatic rings. The molecule has 10 heteroatoms. The summed E-state index contributed by atoms with van der Waals surface area (Å²) in [5, 5.41) is 0. The van der Waals surface area contributed by atoms with Crippen molar-refractivity contribution in [1.29, 1.82) is 0 Å². The van der Waals surface area contributed by atoms with E-state index >= 15 is 0 Å². The van der Waals surface area contributed by atoms with Gasteiger partial charge in [0.25, 0.3) is 0 Å². The molecule has 0 saturated carbocycles. The van der Waals surface area contributed by atoms with Gasteiger partial charge in [-0.3, -0.25) is 8.78 Å². The van der Waals surface area contributed by atoms with Gasteiger partial charge in [-0.25, -0.2) is 4.39 Å². The molecule has 0 amide bonds. The number of hydrogen-bond donors (Lipinski definition) is 0. The summed E-state index contributed by atoms with van der Waals surface area (Å²) in [5.74, 6) is 0. The fraction of sp³-hybridized carbons (Fsp3) is 1.00. The van der Waals surface area contributed by atoms with E-state index in [0.717, 1.165) is 0 Å². The van der Waals surface area contributed by atoms with E-state index in [9.17, 15) is 35.1 Å². The zero-order valence-corrected chi connectivity index (χ0v) is 14.4. The Morgan fingerprint density at radius 2 is 0.897 bits per heavy atom. The number of hydrogen-bond acceptors (Lipinski definition) is 2. The lowest BCUT2D eigenvalue weighted by atomic mass is 10.6. The number of halogens is 8. The van der Waals surface area contributed by atoms with Crippen LogP contribution < -0.4 is 0 Å². The van der Waals surface area contributed by atoms with Crippen molar-refractivity contribution < 1.29 is 44.6 Å².